The third kappa shape index (κ3) is 4.18. The zero-order valence-corrected chi connectivity index (χ0v) is 17.2. The maximum Gasteiger partial charge on any atom is 0.216 e. The van der Waals surface area contributed by atoms with Gasteiger partial charge in [-0.15, -0.1) is 0 Å². The monoisotopic (exact) mass is 418 g/mol. The summed E-state index contributed by atoms with van der Waals surface area (Å²) in [6.45, 7) is 2.55. The highest BCUT2D eigenvalue weighted by molar-refractivity contribution is 7.71. The smallest absolute Gasteiger partial charge is 0.216 e. The summed E-state index contributed by atoms with van der Waals surface area (Å²) in [4.78, 5) is 0. The third-order valence-electron chi connectivity index (χ3n) is 3.85. The predicted octanol–water partition coefficient (Wildman–Crippen LogP) is 4.56. The van der Waals surface area contributed by atoms with Crippen molar-refractivity contribution in [2.45, 2.75) is 6.92 Å². The standard InChI is InChI=1S/C19H19ClN4O3S/c1-4-27-14-7-5-13(6-8-14)18-22-23-19(28)24(18)21-11-12-9-15(20)17(26-3)16(10-12)25-2/h5-11H,4H2,1-3H3,(H,23,28)/b21-11-. The molecular formula is C19H19ClN4O3S. The molecule has 28 heavy (non-hydrogen) atoms. The first-order chi connectivity index (χ1) is 13.6. The molecule has 0 atom stereocenters. The lowest BCUT2D eigenvalue weighted by Gasteiger charge is -2.10. The first-order valence-corrected chi connectivity index (χ1v) is 9.22. The van der Waals surface area contributed by atoms with Gasteiger partial charge < -0.3 is 14.2 Å². The van der Waals surface area contributed by atoms with Gasteiger partial charge in [0.2, 0.25) is 4.77 Å². The molecule has 0 saturated carbocycles. The van der Waals surface area contributed by atoms with Crippen LogP contribution in [-0.4, -0.2) is 41.9 Å². The van der Waals surface area contributed by atoms with Crippen molar-refractivity contribution in [3.63, 3.8) is 0 Å². The molecule has 146 valence electrons. The highest BCUT2D eigenvalue weighted by atomic mass is 35.5. The van der Waals surface area contributed by atoms with Crippen LogP contribution in [0.3, 0.4) is 0 Å². The molecule has 1 heterocycles. The Labute approximate surface area is 172 Å². The Hall–Kier alpha value is -2.84. The van der Waals surface area contributed by atoms with Crippen LogP contribution in [0.15, 0.2) is 41.5 Å². The van der Waals surface area contributed by atoms with Crippen molar-refractivity contribution in [1.29, 1.82) is 0 Å². The van der Waals surface area contributed by atoms with Crippen LogP contribution in [0.5, 0.6) is 17.2 Å². The largest absolute Gasteiger partial charge is 0.494 e. The van der Waals surface area contributed by atoms with E-state index in [9.17, 15) is 0 Å². The molecule has 0 aliphatic rings. The molecule has 3 rings (SSSR count). The molecule has 0 aliphatic carbocycles. The summed E-state index contributed by atoms with van der Waals surface area (Å²) in [5.74, 6) is 2.35. The van der Waals surface area contributed by atoms with E-state index in [0.29, 0.717) is 33.7 Å². The summed E-state index contributed by atoms with van der Waals surface area (Å²) >= 11 is 11.6. The van der Waals surface area contributed by atoms with Crippen LogP contribution in [-0.2, 0) is 0 Å². The quantitative estimate of drug-likeness (QED) is 0.449. The zero-order chi connectivity index (χ0) is 20.1. The molecule has 7 nitrogen and oxygen atoms in total. The Morgan fingerprint density at radius 2 is 1.96 bits per heavy atom. The number of benzene rings is 2. The molecule has 0 amide bonds. The van der Waals surface area contributed by atoms with Crippen LogP contribution in [0.2, 0.25) is 5.02 Å². The molecule has 0 fully saturated rings. The number of hydrogen-bond donors (Lipinski definition) is 1. The van der Waals surface area contributed by atoms with E-state index < -0.39 is 0 Å². The SMILES string of the molecule is CCOc1ccc(-c2n[nH]c(=S)n2/N=C\c2cc(Cl)c(OC)c(OC)c2)cc1. The van der Waals surface area contributed by atoms with Crippen molar-refractivity contribution < 1.29 is 14.2 Å². The second-order valence-electron chi connectivity index (χ2n) is 5.60. The lowest BCUT2D eigenvalue weighted by molar-refractivity contribution is 0.340. The van der Waals surface area contributed by atoms with E-state index in [1.165, 1.54) is 11.8 Å². The second-order valence-corrected chi connectivity index (χ2v) is 6.40. The molecule has 0 bridgehead atoms. The van der Waals surface area contributed by atoms with Crippen LogP contribution >= 0.6 is 23.8 Å². The minimum Gasteiger partial charge on any atom is -0.494 e. The summed E-state index contributed by atoms with van der Waals surface area (Å²) < 4.78 is 17.9. The lowest BCUT2D eigenvalue weighted by Crippen LogP contribution is -1.97. The molecule has 3 aromatic rings. The Balaban J connectivity index is 1.94. The third-order valence-corrected chi connectivity index (χ3v) is 4.40. The summed E-state index contributed by atoms with van der Waals surface area (Å²) in [6.07, 6.45) is 1.62. The minimum absolute atomic E-state index is 0.367. The van der Waals surface area contributed by atoms with E-state index in [1.54, 1.807) is 25.5 Å². The van der Waals surface area contributed by atoms with Crippen molar-refractivity contribution in [2.75, 3.05) is 20.8 Å². The first kappa shape index (κ1) is 19.9. The van der Waals surface area contributed by atoms with Gasteiger partial charge in [-0.05, 0) is 61.1 Å². The van der Waals surface area contributed by atoms with Gasteiger partial charge in [0.25, 0.3) is 0 Å². The average Bonchev–Trinajstić information content (AvgIpc) is 3.07. The van der Waals surface area contributed by atoms with Crippen LogP contribution in [0.4, 0.5) is 0 Å². The number of H-pyrrole nitrogens is 1. The predicted molar refractivity (Wildman–Crippen MR) is 112 cm³/mol. The number of aromatic nitrogens is 3. The van der Waals surface area contributed by atoms with E-state index in [1.807, 2.05) is 31.2 Å². The molecule has 1 aromatic heterocycles. The average molecular weight is 419 g/mol. The van der Waals surface area contributed by atoms with Gasteiger partial charge in [-0.2, -0.15) is 14.9 Å². The summed E-state index contributed by atoms with van der Waals surface area (Å²) in [5.41, 5.74) is 1.57. The van der Waals surface area contributed by atoms with Crippen LogP contribution in [0, 0.1) is 4.77 Å². The summed E-state index contributed by atoms with van der Waals surface area (Å²) in [5, 5.41) is 11.9. The Bertz CT molecular complexity index is 1040. The number of hydrogen-bond acceptors (Lipinski definition) is 6. The fraction of sp³-hybridized carbons (Fsp3) is 0.211. The van der Waals surface area contributed by atoms with Gasteiger partial charge in [-0.1, -0.05) is 11.6 Å². The van der Waals surface area contributed by atoms with Crippen LogP contribution in [0.25, 0.3) is 11.4 Å². The van der Waals surface area contributed by atoms with Gasteiger partial charge in [0.05, 0.1) is 32.1 Å². The number of methoxy groups -OCH3 is 2. The van der Waals surface area contributed by atoms with Gasteiger partial charge in [-0.25, -0.2) is 5.10 Å². The molecule has 0 aliphatic heterocycles. The molecule has 0 unspecified atom stereocenters. The Morgan fingerprint density at radius 3 is 2.61 bits per heavy atom. The van der Waals surface area contributed by atoms with E-state index in [-0.39, 0.29) is 0 Å². The molecule has 0 saturated heterocycles. The van der Waals surface area contributed by atoms with E-state index in [0.717, 1.165) is 16.9 Å². The van der Waals surface area contributed by atoms with Crippen molar-refractivity contribution in [3.05, 3.63) is 51.8 Å². The van der Waals surface area contributed by atoms with E-state index in [4.69, 9.17) is 38.0 Å². The van der Waals surface area contributed by atoms with Gasteiger partial charge in [0.15, 0.2) is 17.3 Å². The van der Waals surface area contributed by atoms with Crippen molar-refractivity contribution in [3.8, 4) is 28.6 Å². The van der Waals surface area contributed by atoms with Crippen LogP contribution in [0.1, 0.15) is 12.5 Å². The van der Waals surface area contributed by atoms with Crippen molar-refractivity contribution in [2.24, 2.45) is 5.10 Å². The fourth-order valence-corrected chi connectivity index (χ4v) is 3.06. The molecule has 1 N–H and O–H groups in total. The number of nitrogens with zero attached hydrogens (tertiary/aromatic N) is 3. The maximum absolute atomic E-state index is 6.25. The first-order valence-electron chi connectivity index (χ1n) is 8.44. The number of ether oxygens (including phenoxy) is 3. The molecule has 0 spiro atoms. The molecule has 2 aromatic carbocycles. The van der Waals surface area contributed by atoms with E-state index in [2.05, 4.69) is 15.3 Å². The number of nitrogens with one attached hydrogen (secondary N) is 1. The normalized spacial score (nSPS) is 11.0. The Kier molecular flexibility index (Phi) is 6.33. The molecular weight excluding hydrogens is 400 g/mol. The van der Waals surface area contributed by atoms with Gasteiger partial charge in [-0.3, -0.25) is 0 Å². The highest BCUT2D eigenvalue weighted by Gasteiger charge is 2.11. The Morgan fingerprint density at radius 1 is 1.21 bits per heavy atom. The van der Waals surface area contributed by atoms with Crippen molar-refractivity contribution >= 4 is 30.0 Å². The lowest BCUT2D eigenvalue weighted by atomic mass is 10.2. The second kappa shape index (κ2) is 8.90. The van der Waals surface area contributed by atoms with Crippen molar-refractivity contribution in [1.82, 2.24) is 14.9 Å². The highest BCUT2D eigenvalue weighted by Crippen LogP contribution is 2.35. The van der Waals surface area contributed by atoms with E-state index >= 15 is 0 Å². The zero-order valence-electron chi connectivity index (χ0n) is 15.6. The number of halogens is 1. The molecule has 0 radical (unpaired) electrons. The molecule has 9 heteroatoms. The number of rotatable bonds is 7. The maximum atomic E-state index is 6.25. The fourth-order valence-electron chi connectivity index (χ4n) is 2.59. The minimum atomic E-state index is 0.367. The summed E-state index contributed by atoms with van der Waals surface area (Å²) in [6, 6.07) is 11.0. The van der Waals surface area contributed by atoms with Gasteiger partial charge >= 0.3 is 0 Å². The topological polar surface area (TPSA) is 73.7 Å². The van der Waals surface area contributed by atoms with Gasteiger partial charge in [0, 0.05) is 5.56 Å². The number of aromatic amines is 1. The van der Waals surface area contributed by atoms with Gasteiger partial charge in [0.1, 0.15) is 5.75 Å². The summed E-state index contributed by atoms with van der Waals surface area (Å²) in [7, 11) is 3.08. The van der Waals surface area contributed by atoms with Crippen LogP contribution < -0.4 is 14.2 Å².